The molecule has 31 heavy (non-hydrogen) atoms. The smallest absolute Gasteiger partial charge is 0.278 e. The van der Waals surface area contributed by atoms with Crippen LogP contribution < -0.4 is 20.0 Å². The fraction of sp³-hybridized carbons (Fsp3) is 0.455. The molecule has 0 saturated carbocycles. The summed E-state index contributed by atoms with van der Waals surface area (Å²) in [6, 6.07) is 9.73. The summed E-state index contributed by atoms with van der Waals surface area (Å²) in [6.07, 6.45) is 1.61. The normalized spacial score (nSPS) is 14.0. The second-order valence-electron chi connectivity index (χ2n) is 7.09. The van der Waals surface area contributed by atoms with Gasteiger partial charge in [0.2, 0.25) is 11.8 Å². The van der Waals surface area contributed by atoms with Crippen molar-refractivity contribution in [1.29, 1.82) is 0 Å². The van der Waals surface area contributed by atoms with Gasteiger partial charge in [-0.2, -0.15) is 10.1 Å². The molecule has 1 amide bonds. The van der Waals surface area contributed by atoms with Crippen molar-refractivity contribution in [2.24, 2.45) is 5.10 Å². The lowest BCUT2D eigenvalue weighted by atomic mass is 10.2. The SMILES string of the molecule is CCN(CC)c1ccc(C=NNC(=O)COc2cc(C)nc(N3CCOCC3)n2)cc1. The van der Waals surface area contributed by atoms with Crippen LogP contribution in [-0.2, 0) is 9.53 Å². The molecule has 3 rings (SSSR count). The maximum absolute atomic E-state index is 12.1. The van der Waals surface area contributed by atoms with E-state index in [4.69, 9.17) is 9.47 Å². The highest BCUT2D eigenvalue weighted by molar-refractivity contribution is 5.83. The fourth-order valence-corrected chi connectivity index (χ4v) is 3.21. The van der Waals surface area contributed by atoms with Gasteiger partial charge in [-0.1, -0.05) is 12.1 Å². The third kappa shape index (κ3) is 6.65. The van der Waals surface area contributed by atoms with Gasteiger partial charge in [-0.25, -0.2) is 10.4 Å². The maximum Gasteiger partial charge on any atom is 0.278 e. The lowest BCUT2D eigenvalue weighted by Gasteiger charge is -2.27. The molecule has 2 heterocycles. The summed E-state index contributed by atoms with van der Waals surface area (Å²) in [6.45, 7) is 10.6. The van der Waals surface area contributed by atoms with E-state index in [0.717, 1.165) is 43.1 Å². The number of benzene rings is 1. The molecule has 1 aliphatic rings. The molecular formula is C22H30N6O3. The minimum Gasteiger partial charge on any atom is -0.467 e. The minimum absolute atomic E-state index is 0.183. The number of aromatic nitrogens is 2. The summed E-state index contributed by atoms with van der Waals surface area (Å²) < 4.78 is 10.9. The average molecular weight is 427 g/mol. The molecule has 9 heteroatoms. The lowest BCUT2D eigenvalue weighted by Crippen LogP contribution is -2.37. The summed E-state index contributed by atoms with van der Waals surface area (Å²) >= 11 is 0. The number of ether oxygens (including phenoxy) is 2. The van der Waals surface area contributed by atoms with Crippen molar-refractivity contribution in [3.8, 4) is 5.88 Å². The molecule has 0 atom stereocenters. The van der Waals surface area contributed by atoms with Crippen LogP contribution in [0.25, 0.3) is 0 Å². The van der Waals surface area contributed by atoms with Crippen LogP contribution in [0.5, 0.6) is 5.88 Å². The molecule has 0 spiro atoms. The van der Waals surface area contributed by atoms with Crippen LogP contribution in [0.4, 0.5) is 11.6 Å². The number of aryl methyl sites for hydroxylation is 1. The molecule has 0 aliphatic carbocycles. The van der Waals surface area contributed by atoms with E-state index in [9.17, 15) is 4.79 Å². The van der Waals surface area contributed by atoms with Crippen molar-refractivity contribution in [1.82, 2.24) is 15.4 Å². The Morgan fingerprint density at radius 3 is 2.61 bits per heavy atom. The van der Waals surface area contributed by atoms with E-state index in [0.29, 0.717) is 25.0 Å². The van der Waals surface area contributed by atoms with Gasteiger partial charge in [-0.15, -0.1) is 0 Å². The van der Waals surface area contributed by atoms with Gasteiger partial charge in [0.15, 0.2) is 6.61 Å². The Labute approximate surface area is 183 Å². The van der Waals surface area contributed by atoms with E-state index >= 15 is 0 Å². The van der Waals surface area contributed by atoms with Gasteiger partial charge in [0.25, 0.3) is 5.91 Å². The van der Waals surface area contributed by atoms with E-state index in [1.165, 1.54) is 0 Å². The molecule has 0 bridgehead atoms. The van der Waals surface area contributed by atoms with Crippen LogP contribution in [0.2, 0.25) is 0 Å². The zero-order chi connectivity index (χ0) is 22.1. The van der Waals surface area contributed by atoms with Crippen LogP contribution >= 0.6 is 0 Å². The zero-order valence-electron chi connectivity index (χ0n) is 18.4. The first-order chi connectivity index (χ1) is 15.1. The van der Waals surface area contributed by atoms with Crippen LogP contribution in [0, 0.1) is 6.92 Å². The van der Waals surface area contributed by atoms with Crippen molar-refractivity contribution < 1.29 is 14.3 Å². The van der Waals surface area contributed by atoms with Crippen LogP contribution in [-0.4, -0.2) is 68.1 Å². The van der Waals surface area contributed by atoms with Gasteiger partial charge in [0, 0.05) is 43.6 Å². The molecule has 166 valence electrons. The fourth-order valence-electron chi connectivity index (χ4n) is 3.21. The molecular weight excluding hydrogens is 396 g/mol. The number of nitrogens with zero attached hydrogens (tertiary/aromatic N) is 5. The number of hydrazone groups is 1. The second kappa shape index (κ2) is 11.3. The van der Waals surface area contributed by atoms with E-state index < -0.39 is 0 Å². The summed E-state index contributed by atoms with van der Waals surface area (Å²) in [7, 11) is 0. The van der Waals surface area contributed by atoms with E-state index in [-0.39, 0.29) is 12.5 Å². The topological polar surface area (TPSA) is 92.2 Å². The molecule has 1 N–H and O–H groups in total. The third-order valence-electron chi connectivity index (χ3n) is 4.89. The number of amides is 1. The van der Waals surface area contributed by atoms with Crippen molar-refractivity contribution in [2.45, 2.75) is 20.8 Å². The molecule has 1 fully saturated rings. The van der Waals surface area contributed by atoms with Gasteiger partial charge in [0.1, 0.15) is 0 Å². The lowest BCUT2D eigenvalue weighted by molar-refractivity contribution is -0.123. The first-order valence-corrected chi connectivity index (χ1v) is 10.6. The van der Waals surface area contributed by atoms with Gasteiger partial charge >= 0.3 is 0 Å². The number of hydrogen-bond donors (Lipinski definition) is 1. The first-order valence-electron chi connectivity index (χ1n) is 10.6. The number of rotatable bonds is 9. The van der Waals surface area contributed by atoms with E-state index in [2.05, 4.69) is 39.2 Å². The highest BCUT2D eigenvalue weighted by atomic mass is 16.5. The number of carbonyl (C=O) groups excluding carboxylic acids is 1. The highest BCUT2D eigenvalue weighted by Crippen LogP contribution is 2.17. The Balaban J connectivity index is 1.49. The van der Waals surface area contributed by atoms with Crippen molar-refractivity contribution in [3.05, 3.63) is 41.6 Å². The molecule has 0 unspecified atom stereocenters. The number of carbonyl (C=O) groups is 1. The summed E-state index contributed by atoms with van der Waals surface area (Å²) in [4.78, 5) is 25.2. The van der Waals surface area contributed by atoms with Crippen molar-refractivity contribution in [3.63, 3.8) is 0 Å². The van der Waals surface area contributed by atoms with Gasteiger partial charge in [0.05, 0.1) is 19.4 Å². The van der Waals surface area contributed by atoms with Crippen molar-refractivity contribution in [2.75, 3.05) is 55.8 Å². The van der Waals surface area contributed by atoms with E-state index in [1.54, 1.807) is 12.3 Å². The number of nitrogens with one attached hydrogen (secondary N) is 1. The Kier molecular flexibility index (Phi) is 8.17. The predicted molar refractivity (Wildman–Crippen MR) is 121 cm³/mol. The number of anilines is 2. The van der Waals surface area contributed by atoms with Gasteiger partial charge in [-0.3, -0.25) is 4.79 Å². The Bertz CT molecular complexity index is 877. The minimum atomic E-state index is -0.361. The van der Waals surface area contributed by atoms with Crippen LogP contribution in [0.15, 0.2) is 35.4 Å². The maximum atomic E-state index is 12.1. The molecule has 1 aromatic heterocycles. The third-order valence-corrected chi connectivity index (χ3v) is 4.89. The summed E-state index contributed by atoms with van der Waals surface area (Å²) in [5.41, 5.74) is 5.32. The number of hydrogen-bond acceptors (Lipinski definition) is 8. The zero-order valence-corrected chi connectivity index (χ0v) is 18.4. The molecule has 0 radical (unpaired) electrons. The average Bonchev–Trinajstić information content (AvgIpc) is 2.80. The molecule has 9 nitrogen and oxygen atoms in total. The molecule has 1 aliphatic heterocycles. The highest BCUT2D eigenvalue weighted by Gasteiger charge is 2.15. The van der Waals surface area contributed by atoms with Crippen LogP contribution in [0.3, 0.4) is 0 Å². The first kappa shape index (κ1) is 22.5. The number of morpholine rings is 1. The van der Waals surface area contributed by atoms with Gasteiger partial charge in [-0.05, 0) is 38.5 Å². The molecule has 1 saturated heterocycles. The Hall–Kier alpha value is -3.20. The monoisotopic (exact) mass is 426 g/mol. The van der Waals surface area contributed by atoms with Crippen LogP contribution in [0.1, 0.15) is 25.1 Å². The predicted octanol–water partition coefficient (Wildman–Crippen LogP) is 2.00. The van der Waals surface area contributed by atoms with Crippen molar-refractivity contribution >= 4 is 23.8 Å². The summed E-state index contributed by atoms with van der Waals surface area (Å²) in [5, 5.41) is 4.00. The van der Waals surface area contributed by atoms with Gasteiger partial charge < -0.3 is 19.3 Å². The second-order valence-corrected chi connectivity index (χ2v) is 7.09. The Morgan fingerprint density at radius 1 is 1.23 bits per heavy atom. The van der Waals surface area contributed by atoms with E-state index in [1.807, 2.05) is 36.1 Å². The standard InChI is InChI=1S/C22H30N6O3/c1-4-27(5-2)19-8-6-18(7-9-19)15-23-26-20(29)16-31-21-14-17(3)24-22(25-21)28-10-12-30-13-11-28/h6-9,14-15H,4-5,10-13,16H2,1-3H3,(H,26,29). The molecule has 2 aromatic rings. The molecule has 1 aromatic carbocycles. The largest absolute Gasteiger partial charge is 0.467 e. The Morgan fingerprint density at radius 2 is 1.94 bits per heavy atom. The quantitative estimate of drug-likeness (QED) is 0.484. The summed E-state index contributed by atoms with van der Waals surface area (Å²) in [5.74, 6) is 0.588.